The Morgan fingerprint density at radius 1 is 0.596 bits per heavy atom. The zero-order valence-corrected chi connectivity index (χ0v) is 31.3. The van der Waals surface area contributed by atoms with Crippen molar-refractivity contribution in [2.75, 3.05) is 49.1 Å². The van der Waals surface area contributed by atoms with Crippen molar-refractivity contribution in [2.24, 2.45) is 0 Å². The number of likely N-dealkylation sites (tertiary alicyclic amines) is 1. The number of amides is 2. The highest BCUT2D eigenvalue weighted by atomic mass is 35.5. The van der Waals surface area contributed by atoms with E-state index in [1.165, 1.54) is 17.5 Å². The normalized spacial score (nSPS) is 22.8. The number of carbonyl (C=O) groups is 2. The van der Waals surface area contributed by atoms with Crippen LogP contribution in [-0.2, 0) is 9.59 Å². The molecule has 4 aliphatic rings. The molecular weight excluding hydrogens is 738 g/mol. The third-order valence-electron chi connectivity index (χ3n) is 9.92. The van der Waals surface area contributed by atoms with Crippen LogP contribution in [0.3, 0.4) is 0 Å². The summed E-state index contributed by atoms with van der Waals surface area (Å²) >= 11 is 24.1. The molecule has 4 aromatic rings. The second-order valence-corrected chi connectivity index (χ2v) is 15.1. The lowest BCUT2D eigenvalue weighted by molar-refractivity contribution is -0.124. The Balaban J connectivity index is 0.000000164. The minimum atomic E-state index is -0.805. The first kappa shape index (κ1) is 40.1. The molecule has 8 rings (SSSR count). The largest absolute Gasteiger partial charge is 0.383 e. The van der Waals surface area contributed by atoms with E-state index < -0.39 is 6.10 Å². The second kappa shape index (κ2) is 18.8. The molecule has 276 valence electrons. The first-order valence-corrected chi connectivity index (χ1v) is 18.9. The molecule has 4 aromatic carbocycles. The Labute approximate surface area is 327 Å². The quantitative estimate of drug-likeness (QED) is 0.211. The highest BCUT2D eigenvalue weighted by molar-refractivity contribution is 6.35. The van der Waals surface area contributed by atoms with Gasteiger partial charge in [0.05, 0.1) is 6.04 Å². The smallest absolute Gasteiger partial charge is 0.255 e. The number of hydrogen-bond acceptors (Lipinski definition) is 5. The maximum Gasteiger partial charge on any atom is 0.255 e. The average molecular weight is 785 g/mol. The van der Waals surface area contributed by atoms with E-state index in [-0.39, 0.29) is 25.3 Å². The van der Waals surface area contributed by atoms with Crippen LogP contribution in [0.15, 0.2) is 97.1 Å². The zero-order valence-electron chi connectivity index (χ0n) is 28.2. The average Bonchev–Trinajstić information content (AvgIpc) is 3.94. The van der Waals surface area contributed by atoms with Crippen molar-refractivity contribution in [3.05, 3.63) is 128 Å². The maximum absolute atomic E-state index is 12.9. The predicted molar refractivity (Wildman–Crippen MR) is 215 cm³/mol. The lowest BCUT2D eigenvalue weighted by atomic mass is 9.98. The van der Waals surface area contributed by atoms with Crippen LogP contribution in [-0.4, -0.2) is 73.2 Å². The van der Waals surface area contributed by atoms with Crippen molar-refractivity contribution in [2.45, 2.75) is 57.1 Å². The molecule has 2 N–H and O–H groups in total. The summed E-state index contributed by atoms with van der Waals surface area (Å²) in [6.45, 7) is 5.36. The fourth-order valence-corrected chi connectivity index (χ4v) is 8.39. The van der Waals surface area contributed by atoms with Crippen molar-refractivity contribution in [1.29, 1.82) is 0 Å². The summed E-state index contributed by atoms with van der Waals surface area (Å²) in [5, 5.41) is 15.4. The predicted octanol–water partition coefficient (Wildman–Crippen LogP) is 9.08. The van der Waals surface area contributed by atoms with Crippen LogP contribution in [0, 0.1) is 0 Å². The van der Waals surface area contributed by atoms with E-state index in [1.54, 1.807) is 17.0 Å². The highest BCUT2D eigenvalue weighted by Gasteiger charge is 2.40. The molecule has 4 saturated heterocycles. The van der Waals surface area contributed by atoms with Crippen molar-refractivity contribution in [1.82, 2.24) is 10.2 Å². The minimum absolute atomic E-state index is 0. The van der Waals surface area contributed by atoms with Gasteiger partial charge in [0.1, 0.15) is 6.10 Å². The molecule has 52 heavy (non-hydrogen) atoms. The number of para-hydroxylation sites is 2. The molecule has 4 atom stereocenters. The molecule has 0 saturated carbocycles. The summed E-state index contributed by atoms with van der Waals surface area (Å²) in [6.07, 6.45) is 2.83. The third kappa shape index (κ3) is 10.1. The van der Waals surface area contributed by atoms with E-state index in [4.69, 9.17) is 46.4 Å². The number of hydrogen-bond donors (Lipinski definition) is 2. The first-order valence-electron chi connectivity index (χ1n) is 17.4. The fraction of sp³-hybridized carbons (Fsp3) is 0.366. The van der Waals surface area contributed by atoms with Crippen molar-refractivity contribution < 1.29 is 14.7 Å². The molecule has 0 unspecified atom stereocenters. The van der Waals surface area contributed by atoms with Crippen molar-refractivity contribution >= 4 is 69.6 Å². The Bertz CT molecular complexity index is 1750. The molecule has 0 aromatic heterocycles. The SMILES string of the molecule is C.Clc1cc(Cl)cc([C@H]2CCNC2)c1.O=C1[C@@H](N2CC[C@H](c3cc(Cl)cc(Cl)c3)C2)CCN1c1ccccc1.O=C1[C@H](O)CCN1c1ccccc1. The van der Waals surface area contributed by atoms with E-state index >= 15 is 0 Å². The van der Waals surface area contributed by atoms with Gasteiger partial charge in [-0.25, -0.2) is 0 Å². The molecule has 0 radical (unpaired) electrons. The van der Waals surface area contributed by atoms with Gasteiger partial charge in [0.15, 0.2) is 0 Å². The monoisotopic (exact) mass is 782 g/mol. The van der Waals surface area contributed by atoms with Crippen LogP contribution in [0.5, 0.6) is 0 Å². The van der Waals surface area contributed by atoms with Gasteiger partial charge in [-0.2, -0.15) is 0 Å². The zero-order chi connectivity index (χ0) is 35.9. The van der Waals surface area contributed by atoms with Crippen LogP contribution in [0.25, 0.3) is 0 Å². The molecule has 4 heterocycles. The van der Waals surface area contributed by atoms with Gasteiger partial charge >= 0.3 is 0 Å². The van der Waals surface area contributed by atoms with Gasteiger partial charge in [-0.05, 0) is 116 Å². The number of nitrogens with one attached hydrogen (secondary N) is 1. The number of aliphatic hydroxyl groups is 1. The molecule has 0 aliphatic carbocycles. The fourth-order valence-electron chi connectivity index (χ4n) is 7.30. The number of benzene rings is 4. The Hall–Kier alpha value is -3.14. The van der Waals surface area contributed by atoms with Crippen LogP contribution in [0.4, 0.5) is 11.4 Å². The molecular formula is C41H46Cl4N4O3. The van der Waals surface area contributed by atoms with E-state index in [9.17, 15) is 14.7 Å². The molecule has 2 amide bonds. The Morgan fingerprint density at radius 3 is 1.58 bits per heavy atom. The van der Waals surface area contributed by atoms with Gasteiger partial charge in [-0.15, -0.1) is 0 Å². The van der Waals surface area contributed by atoms with Crippen LogP contribution in [0.2, 0.25) is 20.1 Å². The van der Waals surface area contributed by atoms with Crippen LogP contribution >= 0.6 is 46.4 Å². The van der Waals surface area contributed by atoms with Gasteiger partial charge in [0, 0.05) is 64.1 Å². The van der Waals surface area contributed by atoms with Gasteiger partial charge in [0.2, 0.25) is 5.91 Å². The maximum atomic E-state index is 12.9. The molecule has 11 heteroatoms. The van der Waals surface area contributed by atoms with Crippen molar-refractivity contribution in [3.63, 3.8) is 0 Å². The first-order chi connectivity index (χ1) is 24.7. The van der Waals surface area contributed by atoms with Crippen LogP contribution in [0.1, 0.15) is 56.1 Å². The Morgan fingerprint density at radius 2 is 1.10 bits per heavy atom. The lowest BCUT2D eigenvalue weighted by Gasteiger charge is -2.23. The molecule has 4 aliphatic heterocycles. The number of halogens is 4. The van der Waals surface area contributed by atoms with E-state index in [2.05, 4.69) is 10.2 Å². The number of carbonyl (C=O) groups excluding carboxylic acids is 2. The van der Waals surface area contributed by atoms with Gasteiger partial charge < -0.3 is 20.2 Å². The van der Waals surface area contributed by atoms with Gasteiger partial charge in [-0.1, -0.05) is 90.2 Å². The van der Waals surface area contributed by atoms with Crippen molar-refractivity contribution in [3.8, 4) is 0 Å². The molecule has 4 fully saturated rings. The van der Waals surface area contributed by atoms with Crippen LogP contribution < -0.4 is 15.1 Å². The van der Waals surface area contributed by atoms with E-state index in [1.807, 2.05) is 89.8 Å². The number of rotatable bonds is 5. The van der Waals surface area contributed by atoms with Gasteiger partial charge in [0.25, 0.3) is 5.91 Å². The third-order valence-corrected chi connectivity index (χ3v) is 10.8. The lowest BCUT2D eigenvalue weighted by Crippen LogP contribution is -2.40. The number of aliphatic hydroxyl groups excluding tert-OH is 1. The minimum Gasteiger partial charge on any atom is -0.383 e. The Kier molecular flexibility index (Phi) is 14.4. The van der Waals surface area contributed by atoms with E-state index in [0.717, 1.165) is 67.0 Å². The second-order valence-electron chi connectivity index (χ2n) is 13.3. The summed E-state index contributed by atoms with van der Waals surface area (Å²) in [5.74, 6) is 0.994. The summed E-state index contributed by atoms with van der Waals surface area (Å²) in [7, 11) is 0. The number of anilines is 2. The summed E-state index contributed by atoms with van der Waals surface area (Å²) in [5.41, 5.74) is 4.28. The number of nitrogens with zero attached hydrogens (tertiary/aromatic N) is 3. The van der Waals surface area contributed by atoms with E-state index in [0.29, 0.717) is 34.8 Å². The topological polar surface area (TPSA) is 76.1 Å². The standard InChI is InChI=1S/C20H20Cl2N2O.C10H11Cl2N.C10H11NO2.CH4/c21-16-10-15(11-17(22)12-16)14-6-8-23(13-14)19-7-9-24(20(19)25)18-4-2-1-3-5-18;11-9-3-8(4-10(12)5-9)7-1-2-13-6-7;12-9-6-7-11(10(9)13)8-4-2-1-3-5-8;/h1-5,10-12,14,19H,6-9,13H2;3-5,7,13H,1-2,6H2;1-5,9,12H,6-7H2;1H4/t14-,19-;7-;9-;/m001./s1. The summed E-state index contributed by atoms with van der Waals surface area (Å²) < 4.78 is 0. The molecule has 0 spiro atoms. The highest BCUT2D eigenvalue weighted by Crippen LogP contribution is 2.35. The molecule has 7 nitrogen and oxygen atoms in total. The summed E-state index contributed by atoms with van der Waals surface area (Å²) in [6, 6.07) is 30.9. The molecule has 0 bridgehead atoms. The summed E-state index contributed by atoms with van der Waals surface area (Å²) in [4.78, 5) is 30.1. The van der Waals surface area contributed by atoms with Gasteiger partial charge in [-0.3, -0.25) is 14.5 Å².